The monoisotopic (exact) mass is 186 g/mol. The van der Waals surface area contributed by atoms with Crippen molar-refractivity contribution in [3.63, 3.8) is 0 Å². The van der Waals surface area contributed by atoms with Crippen molar-refractivity contribution in [3.8, 4) is 0 Å². The molecule has 0 aliphatic heterocycles. The number of primary amides is 1. The van der Waals surface area contributed by atoms with Crippen LogP contribution in [-0.2, 0) is 4.79 Å². The van der Waals surface area contributed by atoms with Crippen LogP contribution in [0.2, 0.25) is 0 Å². The molecule has 13 heavy (non-hydrogen) atoms. The maximum absolute atomic E-state index is 10.6. The van der Waals surface area contributed by atoms with Gasteiger partial charge in [-0.25, -0.2) is 0 Å². The summed E-state index contributed by atoms with van der Waals surface area (Å²) in [7, 11) is 0. The van der Waals surface area contributed by atoms with Gasteiger partial charge in [-0.05, 0) is 19.9 Å². The molecule has 0 heterocycles. The predicted octanol–water partition coefficient (Wildman–Crippen LogP) is 1.42. The number of rotatable bonds is 8. The van der Waals surface area contributed by atoms with E-state index in [-0.39, 0.29) is 11.9 Å². The van der Waals surface area contributed by atoms with Crippen LogP contribution >= 0.6 is 0 Å². The third-order valence-corrected chi connectivity index (χ3v) is 2.16. The van der Waals surface area contributed by atoms with Gasteiger partial charge in [0.05, 0.1) is 6.04 Å². The second-order valence-corrected chi connectivity index (χ2v) is 3.49. The molecule has 1 amide bonds. The molecule has 0 radical (unpaired) electrons. The smallest absolute Gasteiger partial charge is 0.234 e. The molecule has 0 fully saturated rings. The minimum Gasteiger partial charge on any atom is -0.368 e. The van der Waals surface area contributed by atoms with Crippen molar-refractivity contribution in [2.45, 2.75) is 52.0 Å². The lowest BCUT2D eigenvalue weighted by Crippen LogP contribution is -2.39. The molecular weight excluding hydrogens is 164 g/mol. The average Bonchev–Trinajstić information content (AvgIpc) is 2.10. The van der Waals surface area contributed by atoms with Crippen molar-refractivity contribution in [2.24, 2.45) is 5.73 Å². The van der Waals surface area contributed by atoms with Gasteiger partial charge in [-0.3, -0.25) is 4.79 Å². The van der Waals surface area contributed by atoms with E-state index in [2.05, 4.69) is 12.2 Å². The van der Waals surface area contributed by atoms with E-state index in [0.717, 1.165) is 13.0 Å². The zero-order chi connectivity index (χ0) is 10.1. The standard InChI is InChI=1S/C10H22N2O/c1-3-4-5-6-7-8-12-9(2)10(11)13/h9,12H,3-8H2,1-2H3,(H2,11,13). The fourth-order valence-corrected chi connectivity index (χ4v) is 1.15. The Balaban J connectivity index is 3.11. The summed E-state index contributed by atoms with van der Waals surface area (Å²) in [4.78, 5) is 10.6. The fraction of sp³-hybridized carbons (Fsp3) is 0.900. The lowest BCUT2D eigenvalue weighted by Gasteiger charge is -2.09. The first-order valence-electron chi connectivity index (χ1n) is 5.21. The summed E-state index contributed by atoms with van der Waals surface area (Å²) in [6.07, 6.45) is 6.25. The molecule has 0 aliphatic rings. The normalized spacial score (nSPS) is 12.8. The highest BCUT2D eigenvalue weighted by Gasteiger charge is 2.05. The van der Waals surface area contributed by atoms with Gasteiger partial charge in [0.25, 0.3) is 0 Å². The Bertz CT molecular complexity index is 137. The first kappa shape index (κ1) is 12.4. The number of unbranched alkanes of at least 4 members (excludes halogenated alkanes) is 4. The summed E-state index contributed by atoms with van der Waals surface area (Å²) in [6.45, 7) is 4.90. The van der Waals surface area contributed by atoms with E-state index in [1.54, 1.807) is 6.92 Å². The Kier molecular flexibility index (Phi) is 7.69. The lowest BCUT2D eigenvalue weighted by atomic mass is 10.1. The van der Waals surface area contributed by atoms with Gasteiger partial charge in [0.1, 0.15) is 0 Å². The van der Waals surface area contributed by atoms with Gasteiger partial charge >= 0.3 is 0 Å². The minimum atomic E-state index is -0.270. The maximum Gasteiger partial charge on any atom is 0.234 e. The van der Waals surface area contributed by atoms with Gasteiger partial charge in [0.2, 0.25) is 5.91 Å². The van der Waals surface area contributed by atoms with Crippen LogP contribution in [0, 0.1) is 0 Å². The van der Waals surface area contributed by atoms with Crippen molar-refractivity contribution in [1.82, 2.24) is 5.32 Å². The van der Waals surface area contributed by atoms with Gasteiger partial charge in [0.15, 0.2) is 0 Å². The second-order valence-electron chi connectivity index (χ2n) is 3.49. The van der Waals surface area contributed by atoms with Crippen LogP contribution in [0.3, 0.4) is 0 Å². The molecular formula is C10H22N2O. The zero-order valence-corrected chi connectivity index (χ0v) is 8.81. The van der Waals surface area contributed by atoms with Crippen LogP contribution in [0.25, 0.3) is 0 Å². The SMILES string of the molecule is CCCCCCCNC(C)C(N)=O. The highest BCUT2D eigenvalue weighted by molar-refractivity contribution is 5.79. The van der Waals surface area contributed by atoms with Crippen LogP contribution in [0.4, 0.5) is 0 Å². The zero-order valence-electron chi connectivity index (χ0n) is 8.81. The molecule has 0 rings (SSSR count). The van der Waals surface area contributed by atoms with Crippen molar-refractivity contribution in [3.05, 3.63) is 0 Å². The number of nitrogens with two attached hydrogens (primary N) is 1. The molecule has 78 valence electrons. The van der Waals surface area contributed by atoms with E-state index < -0.39 is 0 Å². The van der Waals surface area contributed by atoms with E-state index in [1.165, 1.54) is 25.7 Å². The van der Waals surface area contributed by atoms with Gasteiger partial charge in [-0.15, -0.1) is 0 Å². The third kappa shape index (κ3) is 7.78. The van der Waals surface area contributed by atoms with E-state index >= 15 is 0 Å². The fourth-order valence-electron chi connectivity index (χ4n) is 1.15. The largest absolute Gasteiger partial charge is 0.368 e. The van der Waals surface area contributed by atoms with Gasteiger partial charge in [-0.1, -0.05) is 32.6 Å². The number of hydrogen-bond donors (Lipinski definition) is 2. The molecule has 3 N–H and O–H groups in total. The van der Waals surface area contributed by atoms with E-state index in [4.69, 9.17) is 5.73 Å². The highest BCUT2D eigenvalue weighted by atomic mass is 16.1. The molecule has 1 atom stereocenters. The molecule has 1 unspecified atom stereocenters. The van der Waals surface area contributed by atoms with Gasteiger partial charge in [0, 0.05) is 0 Å². The summed E-state index contributed by atoms with van der Waals surface area (Å²) in [5, 5.41) is 3.08. The van der Waals surface area contributed by atoms with E-state index in [0.29, 0.717) is 0 Å². The molecule has 3 nitrogen and oxygen atoms in total. The molecule has 0 spiro atoms. The molecule has 0 aromatic carbocycles. The Labute approximate surface area is 81.1 Å². The maximum atomic E-state index is 10.6. The average molecular weight is 186 g/mol. The van der Waals surface area contributed by atoms with Crippen LogP contribution in [0.1, 0.15) is 46.0 Å². The molecule has 0 saturated carbocycles. The first-order chi connectivity index (χ1) is 6.18. The van der Waals surface area contributed by atoms with Crippen LogP contribution in [0.5, 0.6) is 0 Å². The van der Waals surface area contributed by atoms with Crippen LogP contribution in [-0.4, -0.2) is 18.5 Å². The second kappa shape index (κ2) is 8.05. The van der Waals surface area contributed by atoms with Gasteiger partial charge < -0.3 is 11.1 Å². The molecule has 0 bridgehead atoms. The van der Waals surface area contributed by atoms with Crippen molar-refractivity contribution < 1.29 is 4.79 Å². The molecule has 0 aliphatic carbocycles. The summed E-state index contributed by atoms with van der Waals surface area (Å²) >= 11 is 0. The van der Waals surface area contributed by atoms with Gasteiger partial charge in [-0.2, -0.15) is 0 Å². The number of hydrogen-bond acceptors (Lipinski definition) is 2. The van der Waals surface area contributed by atoms with E-state index in [9.17, 15) is 4.79 Å². The Morgan fingerprint density at radius 3 is 2.46 bits per heavy atom. The number of carbonyl (C=O) groups excluding carboxylic acids is 1. The summed E-state index contributed by atoms with van der Waals surface area (Å²) in [5.41, 5.74) is 5.10. The quantitative estimate of drug-likeness (QED) is 0.563. The highest BCUT2D eigenvalue weighted by Crippen LogP contribution is 2.01. The Hall–Kier alpha value is -0.570. The molecule has 3 heteroatoms. The third-order valence-electron chi connectivity index (χ3n) is 2.16. The van der Waals surface area contributed by atoms with Crippen molar-refractivity contribution in [1.29, 1.82) is 0 Å². The number of amides is 1. The predicted molar refractivity (Wildman–Crippen MR) is 55.4 cm³/mol. The first-order valence-corrected chi connectivity index (χ1v) is 5.21. The van der Waals surface area contributed by atoms with Crippen LogP contribution in [0.15, 0.2) is 0 Å². The molecule has 0 aromatic rings. The minimum absolute atomic E-state index is 0.189. The van der Waals surface area contributed by atoms with Crippen molar-refractivity contribution >= 4 is 5.91 Å². The summed E-state index contributed by atoms with van der Waals surface area (Å²) in [6, 6.07) is -0.189. The molecule has 0 saturated heterocycles. The Morgan fingerprint density at radius 2 is 1.92 bits per heavy atom. The topological polar surface area (TPSA) is 55.1 Å². The van der Waals surface area contributed by atoms with Crippen LogP contribution < -0.4 is 11.1 Å². The van der Waals surface area contributed by atoms with Crippen molar-refractivity contribution in [2.75, 3.05) is 6.54 Å². The van der Waals surface area contributed by atoms with E-state index in [1.807, 2.05) is 0 Å². The summed E-state index contributed by atoms with van der Waals surface area (Å²) < 4.78 is 0. The molecule has 0 aromatic heterocycles. The summed E-state index contributed by atoms with van der Waals surface area (Å²) in [5.74, 6) is -0.270. The Morgan fingerprint density at radius 1 is 1.31 bits per heavy atom. The number of nitrogens with one attached hydrogen (secondary N) is 1. The number of carbonyl (C=O) groups is 1. The lowest BCUT2D eigenvalue weighted by molar-refractivity contribution is -0.119.